The summed E-state index contributed by atoms with van der Waals surface area (Å²) in [7, 11) is 0. The highest BCUT2D eigenvalue weighted by atomic mass is 32.1. The molecule has 1 aliphatic carbocycles. The fourth-order valence-electron chi connectivity index (χ4n) is 2.82. The Hall–Kier alpha value is -0.480. The molecule has 4 heteroatoms. The lowest BCUT2D eigenvalue weighted by molar-refractivity contribution is 0.0893. The van der Waals surface area contributed by atoms with Gasteiger partial charge >= 0.3 is 0 Å². The molecule has 1 saturated carbocycles. The normalized spacial score (nSPS) is 24.2. The largest absolute Gasteiger partial charge is 0.348 e. The van der Waals surface area contributed by atoms with Gasteiger partial charge in [-0.25, -0.2) is 0 Å². The van der Waals surface area contributed by atoms with E-state index < -0.39 is 0 Å². The lowest BCUT2D eigenvalue weighted by Gasteiger charge is -2.34. The molecule has 18 heavy (non-hydrogen) atoms. The molecule has 2 rings (SSSR count). The summed E-state index contributed by atoms with van der Waals surface area (Å²) >= 11 is 5.71. The summed E-state index contributed by atoms with van der Waals surface area (Å²) in [5.74, 6) is 1.33. The van der Waals surface area contributed by atoms with Crippen LogP contribution in [0.4, 0.5) is 0 Å². The van der Waals surface area contributed by atoms with Crippen molar-refractivity contribution in [2.75, 3.05) is 0 Å². The van der Waals surface area contributed by atoms with Gasteiger partial charge in [0.2, 0.25) is 0 Å². The number of rotatable bonds is 3. The van der Waals surface area contributed by atoms with E-state index in [0.717, 1.165) is 16.2 Å². The molecule has 1 aliphatic rings. The van der Waals surface area contributed by atoms with E-state index in [1.54, 1.807) is 0 Å². The lowest BCUT2D eigenvalue weighted by atomic mass is 9.78. The Morgan fingerprint density at radius 1 is 1.44 bits per heavy atom. The van der Waals surface area contributed by atoms with Crippen LogP contribution in [0.5, 0.6) is 0 Å². The SMILES string of the molecule is CC(C)C1CCCCC1NC(=O)c1cc(S)cs1. The van der Waals surface area contributed by atoms with Crippen molar-refractivity contribution < 1.29 is 4.79 Å². The average Bonchev–Trinajstić information content (AvgIpc) is 2.76. The molecule has 0 aromatic carbocycles. The van der Waals surface area contributed by atoms with E-state index >= 15 is 0 Å². The molecule has 1 heterocycles. The van der Waals surface area contributed by atoms with Gasteiger partial charge in [-0.3, -0.25) is 4.79 Å². The monoisotopic (exact) mass is 283 g/mol. The summed E-state index contributed by atoms with van der Waals surface area (Å²) in [6.07, 6.45) is 4.89. The van der Waals surface area contributed by atoms with E-state index in [4.69, 9.17) is 0 Å². The zero-order chi connectivity index (χ0) is 13.1. The van der Waals surface area contributed by atoms with Gasteiger partial charge in [-0.05, 0) is 30.7 Å². The number of carbonyl (C=O) groups is 1. The predicted octanol–water partition coefficient (Wildman–Crippen LogP) is 3.98. The van der Waals surface area contributed by atoms with E-state index in [9.17, 15) is 4.79 Å². The maximum Gasteiger partial charge on any atom is 0.261 e. The molecule has 0 bridgehead atoms. The number of hydrogen-bond donors (Lipinski definition) is 2. The van der Waals surface area contributed by atoms with Crippen molar-refractivity contribution in [3.05, 3.63) is 16.3 Å². The fraction of sp³-hybridized carbons (Fsp3) is 0.643. The van der Waals surface area contributed by atoms with Gasteiger partial charge in [-0.1, -0.05) is 26.7 Å². The van der Waals surface area contributed by atoms with Crippen molar-refractivity contribution >= 4 is 29.9 Å². The Labute approximate surface area is 119 Å². The zero-order valence-corrected chi connectivity index (χ0v) is 12.7. The van der Waals surface area contributed by atoms with Crippen LogP contribution in [0, 0.1) is 11.8 Å². The minimum atomic E-state index is 0.0675. The van der Waals surface area contributed by atoms with Gasteiger partial charge in [0.1, 0.15) is 0 Å². The van der Waals surface area contributed by atoms with Crippen LogP contribution >= 0.6 is 24.0 Å². The van der Waals surface area contributed by atoms with Gasteiger partial charge in [-0.2, -0.15) is 0 Å². The van der Waals surface area contributed by atoms with Crippen molar-refractivity contribution in [1.29, 1.82) is 0 Å². The van der Waals surface area contributed by atoms with Gasteiger partial charge in [0.25, 0.3) is 5.91 Å². The van der Waals surface area contributed by atoms with Crippen molar-refractivity contribution in [2.24, 2.45) is 11.8 Å². The third-order valence-corrected chi connectivity index (χ3v) is 5.16. The molecule has 2 unspecified atom stereocenters. The van der Waals surface area contributed by atoms with Gasteiger partial charge in [0.15, 0.2) is 0 Å². The Morgan fingerprint density at radius 3 is 2.78 bits per heavy atom. The smallest absolute Gasteiger partial charge is 0.261 e. The van der Waals surface area contributed by atoms with Gasteiger partial charge in [0.05, 0.1) is 4.88 Å². The Kier molecular flexibility index (Phi) is 4.73. The number of thiophene rings is 1. The summed E-state index contributed by atoms with van der Waals surface area (Å²) in [6.45, 7) is 4.51. The van der Waals surface area contributed by atoms with Gasteiger partial charge < -0.3 is 5.32 Å². The highest BCUT2D eigenvalue weighted by molar-refractivity contribution is 7.80. The van der Waals surface area contributed by atoms with Gasteiger partial charge in [-0.15, -0.1) is 24.0 Å². The Bertz CT molecular complexity index is 414. The minimum absolute atomic E-state index is 0.0675. The molecule has 1 amide bonds. The molecule has 0 radical (unpaired) electrons. The number of hydrogen-bond acceptors (Lipinski definition) is 3. The predicted molar refractivity (Wildman–Crippen MR) is 79.6 cm³/mol. The summed E-state index contributed by atoms with van der Waals surface area (Å²) in [5.41, 5.74) is 0. The van der Waals surface area contributed by atoms with Crippen LogP contribution in [-0.4, -0.2) is 11.9 Å². The molecule has 1 fully saturated rings. The summed E-state index contributed by atoms with van der Waals surface area (Å²) in [6, 6.07) is 2.19. The Balaban J connectivity index is 2.00. The maximum atomic E-state index is 12.2. The first-order chi connectivity index (χ1) is 8.58. The third kappa shape index (κ3) is 3.29. The van der Waals surface area contributed by atoms with E-state index in [1.165, 1.54) is 30.6 Å². The van der Waals surface area contributed by atoms with Crippen LogP contribution in [0.25, 0.3) is 0 Å². The molecule has 0 saturated heterocycles. The first-order valence-electron chi connectivity index (χ1n) is 6.66. The summed E-state index contributed by atoms with van der Waals surface area (Å²) < 4.78 is 0. The second-order valence-electron chi connectivity index (χ2n) is 5.44. The van der Waals surface area contributed by atoms with E-state index in [1.807, 2.05) is 11.4 Å². The van der Waals surface area contributed by atoms with E-state index in [2.05, 4.69) is 31.8 Å². The molecule has 1 N–H and O–H groups in total. The van der Waals surface area contributed by atoms with Crippen LogP contribution < -0.4 is 5.32 Å². The molecule has 2 nitrogen and oxygen atoms in total. The van der Waals surface area contributed by atoms with Crippen molar-refractivity contribution in [2.45, 2.75) is 50.5 Å². The van der Waals surface area contributed by atoms with Crippen LogP contribution in [0.1, 0.15) is 49.2 Å². The molecule has 2 atom stereocenters. The topological polar surface area (TPSA) is 29.1 Å². The highest BCUT2D eigenvalue weighted by Gasteiger charge is 2.29. The molecular weight excluding hydrogens is 262 g/mol. The quantitative estimate of drug-likeness (QED) is 0.807. The summed E-state index contributed by atoms with van der Waals surface area (Å²) in [4.78, 5) is 13.8. The molecular formula is C14H21NOS2. The van der Waals surface area contributed by atoms with Crippen molar-refractivity contribution in [3.8, 4) is 0 Å². The Morgan fingerprint density at radius 2 is 2.17 bits per heavy atom. The second-order valence-corrected chi connectivity index (χ2v) is 6.87. The van der Waals surface area contributed by atoms with Crippen LogP contribution in [0.15, 0.2) is 16.3 Å². The molecule has 0 aliphatic heterocycles. The highest BCUT2D eigenvalue weighted by Crippen LogP contribution is 2.30. The fourth-order valence-corrected chi connectivity index (χ4v) is 3.87. The van der Waals surface area contributed by atoms with Gasteiger partial charge in [0, 0.05) is 16.3 Å². The molecule has 100 valence electrons. The lowest BCUT2D eigenvalue weighted by Crippen LogP contribution is -2.43. The molecule has 1 aromatic heterocycles. The number of amides is 1. The van der Waals surface area contributed by atoms with Crippen molar-refractivity contribution in [1.82, 2.24) is 5.32 Å². The van der Waals surface area contributed by atoms with Crippen molar-refractivity contribution in [3.63, 3.8) is 0 Å². The second kappa shape index (κ2) is 6.11. The molecule has 1 aromatic rings. The summed E-state index contributed by atoms with van der Waals surface area (Å²) in [5, 5.41) is 5.12. The minimum Gasteiger partial charge on any atom is -0.348 e. The number of carbonyl (C=O) groups excluding carboxylic acids is 1. The average molecular weight is 283 g/mol. The molecule has 0 spiro atoms. The van der Waals surface area contributed by atoms with E-state index in [0.29, 0.717) is 17.9 Å². The first kappa shape index (κ1) is 13.9. The number of thiol groups is 1. The first-order valence-corrected chi connectivity index (χ1v) is 7.99. The third-order valence-electron chi connectivity index (χ3n) is 3.80. The zero-order valence-electron chi connectivity index (χ0n) is 11.0. The van der Waals surface area contributed by atoms with Crippen LogP contribution in [-0.2, 0) is 0 Å². The van der Waals surface area contributed by atoms with Crippen LogP contribution in [0.2, 0.25) is 0 Å². The number of nitrogens with one attached hydrogen (secondary N) is 1. The van der Waals surface area contributed by atoms with Crippen LogP contribution in [0.3, 0.4) is 0 Å². The standard InChI is InChI=1S/C14H21NOS2/c1-9(2)11-5-3-4-6-12(11)15-14(16)13-7-10(17)8-18-13/h7-9,11-12,17H,3-6H2,1-2H3,(H,15,16). The van der Waals surface area contributed by atoms with E-state index in [-0.39, 0.29) is 5.91 Å². The maximum absolute atomic E-state index is 12.2.